The van der Waals surface area contributed by atoms with Gasteiger partial charge in [0.1, 0.15) is 0 Å². The third-order valence-electron chi connectivity index (χ3n) is 5.77. The number of fused-ring (bicyclic) bond motifs is 1. The quantitative estimate of drug-likeness (QED) is 0.417. The number of piperidine rings is 1. The van der Waals surface area contributed by atoms with Crippen LogP contribution in [0.25, 0.3) is 20.9 Å². The molecule has 5 rings (SSSR count). The molecular weight excluding hydrogens is 494 g/mol. The Kier molecular flexibility index (Phi) is 6.00. The molecule has 1 aliphatic rings. The molecule has 34 heavy (non-hydrogen) atoms. The topological polar surface area (TPSA) is 118 Å². The van der Waals surface area contributed by atoms with Crippen molar-refractivity contribution in [3.8, 4) is 10.7 Å². The Morgan fingerprint density at radius 3 is 2.76 bits per heavy atom. The summed E-state index contributed by atoms with van der Waals surface area (Å²) < 4.78 is 34.4. The highest BCUT2D eigenvalue weighted by Crippen LogP contribution is 2.35. The summed E-state index contributed by atoms with van der Waals surface area (Å²) in [5.41, 5.74) is 1.96. The molecular formula is C22H23N5O4S3. The molecule has 178 valence electrons. The fourth-order valence-corrected chi connectivity index (χ4v) is 8.01. The second kappa shape index (κ2) is 8.84. The number of nitrogens with one attached hydrogen (secondary N) is 1. The normalized spacial score (nSPS) is 17.3. The van der Waals surface area contributed by atoms with Crippen molar-refractivity contribution in [3.63, 3.8) is 0 Å². The van der Waals surface area contributed by atoms with Crippen LogP contribution in [0.2, 0.25) is 0 Å². The maximum absolute atomic E-state index is 13.5. The first-order valence-corrected chi connectivity index (χ1v) is 13.9. The van der Waals surface area contributed by atoms with E-state index in [1.165, 1.54) is 27.0 Å². The molecule has 1 N–H and O–H groups in total. The SMILES string of the molecule is Cc1ccc2nc(NC(=O)C3CCCN(S(=O)(=O)c4cc(-c5noc(C)n5)sc4C)C3)sc2c1. The highest BCUT2D eigenvalue weighted by atomic mass is 32.2. The van der Waals surface area contributed by atoms with Gasteiger partial charge in [0, 0.05) is 24.9 Å². The van der Waals surface area contributed by atoms with Crippen LogP contribution in [0.3, 0.4) is 0 Å². The van der Waals surface area contributed by atoms with Crippen LogP contribution in [0.4, 0.5) is 5.13 Å². The lowest BCUT2D eigenvalue weighted by Gasteiger charge is -2.31. The average Bonchev–Trinajstić information content (AvgIpc) is 3.51. The first-order chi connectivity index (χ1) is 16.2. The molecule has 1 amide bonds. The van der Waals surface area contributed by atoms with E-state index in [0.717, 1.165) is 15.8 Å². The van der Waals surface area contributed by atoms with Crippen LogP contribution in [0.15, 0.2) is 33.7 Å². The number of nitrogens with zero attached hydrogens (tertiary/aromatic N) is 4. The summed E-state index contributed by atoms with van der Waals surface area (Å²) in [6, 6.07) is 7.53. The van der Waals surface area contributed by atoms with Gasteiger partial charge in [0.25, 0.3) is 0 Å². The van der Waals surface area contributed by atoms with Gasteiger partial charge < -0.3 is 9.84 Å². The summed E-state index contributed by atoms with van der Waals surface area (Å²) in [5.74, 6) is 0.129. The number of carbonyl (C=O) groups is 1. The summed E-state index contributed by atoms with van der Waals surface area (Å²) >= 11 is 2.72. The highest BCUT2D eigenvalue weighted by molar-refractivity contribution is 7.89. The van der Waals surface area contributed by atoms with E-state index in [-0.39, 0.29) is 17.3 Å². The van der Waals surface area contributed by atoms with E-state index < -0.39 is 15.9 Å². The number of amides is 1. The van der Waals surface area contributed by atoms with Crippen molar-refractivity contribution < 1.29 is 17.7 Å². The van der Waals surface area contributed by atoms with Crippen LogP contribution in [-0.4, -0.2) is 46.8 Å². The Hall–Kier alpha value is -2.67. The van der Waals surface area contributed by atoms with Gasteiger partial charge in [-0.2, -0.15) is 9.29 Å². The summed E-state index contributed by atoms with van der Waals surface area (Å²) in [5, 5.41) is 7.31. The number of carbonyl (C=O) groups excluding carboxylic acids is 1. The number of hydrogen-bond donors (Lipinski definition) is 1. The molecule has 3 aromatic heterocycles. The molecule has 12 heteroatoms. The zero-order valence-corrected chi connectivity index (χ0v) is 21.3. The molecule has 1 aliphatic heterocycles. The van der Waals surface area contributed by atoms with Crippen LogP contribution < -0.4 is 5.32 Å². The van der Waals surface area contributed by atoms with Crippen molar-refractivity contribution in [3.05, 3.63) is 40.6 Å². The number of aromatic nitrogens is 3. The fraction of sp³-hybridized carbons (Fsp3) is 0.364. The number of hydrogen-bond acceptors (Lipinski definition) is 9. The first kappa shape index (κ1) is 23.1. The molecule has 1 fully saturated rings. The molecule has 1 saturated heterocycles. The summed E-state index contributed by atoms with van der Waals surface area (Å²) in [6.07, 6.45) is 1.23. The van der Waals surface area contributed by atoms with Crippen molar-refractivity contribution in [2.24, 2.45) is 5.92 Å². The Balaban J connectivity index is 1.33. The van der Waals surface area contributed by atoms with Gasteiger partial charge in [-0.05, 0) is 50.5 Å². The molecule has 0 aliphatic carbocycles. The first-order valence-electron chi connectivity index (χ1n) is 10.8. The predicted octanol–water partition coefficient (Wildman–Crippen LogP) is 4.37. The summed E-state index contributed by atoms with van der Waals surface area (Å²) in [7, 11) is -3.77. The number of sulfonamides is 1. The van der Waals surface area contributed by atoms with Gasteiger partial charge in [-0.15, -0.1) is 11.3 Å². The highest BCUT2D eigenvalue weighted by Gasteiger charge is 2.35. The Morgan fingerprint density at radius 1 is 1.18 bits per heavy atom. The number of aryl methyl sites for hydroxylation is 3. The number of thiophene rings is 1. The molecule has 1 unspecified atom stereocenters. The number of rotatable bonds is 5. The van der Waals surface area contributed by atoms with E-state index in [0.29, 0.717) is 46.0 Å². The van der Waals surface area contributed by atoms with Gasteiger partial charge in [0.15, 0.2) is 5.13 Å². The monoisotopic (exact) mass is 517 g/mol. The molecule has 9 nitrogen and oxygen atoms in total. The predicted molar refractivity (Wildman–Crippen MR) is 132 cm³/mol. The molecule has 1 aromatic carbocycles. The minimum Gasteiger partial charge on any atom is -0.339 e. The molecule has 0 spiro atoms. The third kappa shape index (κ3) is 4.38. The fourth-order valence-electron chi connectivity index (χ4n) is 4.04. The van der Waals surface area contributed by atoms with Crippen molar-refractivity contribution in [1.82, 2.24) is 19.4 Å². The molecule has 0 radical (unpaired) electrons. The van der Waals surface area contributed by atoms with E-state index in [4.69, 9.17) is 4.52 Å². The van der Waals surface area contributed by atoms with Crippen molar-refractivity contribution >= 4 is 54.0 Å². The summed E-state index contributed by atoms with van der Waals surface area (Å²) in [4.78, 5) is 23.2. The van der Waals surface area contributed by atoms with Crippen molar-refractivity contribution in [2.75, 3.05) is 18.4 Å². The van der Waals surface area contributed by atoms with Crippen LogP contribution in [0, 0.1) is 26.7 Å². The number of anilines is 1. The average molecular weight is 518 g/mol. The van der Waals surface area contributed by atoms with Crippen molar-refractivity contribution in [2.45, 2.75) is 38.5 Å². The van der Waals surface area contributed by atoms with Gasteiger partial charge >= 0.3 is 0 Å². The second-order valence-corrected chi connectivity index (χ2v) is 12.5. The summed E-state index contributed by atoms with van der Waals surface area (Å²) in [6.45, 7) is 5.96. The van der Waals surface area contributed by atoms with Crippen LogP contribution in [0.5, 0.6) is 0 Å². The molecule has 1 atom stereocenters. The largest absolute Gasteiger partial charge is 0.339 e. The van der Waals surface area contributed by atoms with Crippen LogP contribution in [-0.2, 0) is 14.8 Å². The van der Waals surface area contributed by atoms with E-state index in [9.17, 15) is 13.2 Å². The smallest absolute Gasteiger partial charge is 0.244 e. The van der Waals surface area contributed by atoms with Gasteiger partial charge in [0.05, 0.1) is 25.9 Å². The van der Waals surface area contributed by atoms with Crippen molar-refractivity contribution in [1.29, 1.82) is 0 Å². The zero-order chi connectivity index (χ0) is 24.0. The van der Waals surface area contributed by atoms with Gasteiger partial charge in [0.2, 0.25) is 27.6 Å². The molecule has 4 heterocycles. The lowest BCUT2D eigenvalue weighted by molar-refractivity contribution is -0.120. The molecule has 0 bridgehead atoms. The maximum Gasteiger partial charge on any atom is 0.244 e. The molecule has 0 saturated carbocycles. The Bertz CT molecular complexity index is 1490. The Labute approximate surface area is 204 Å². The number of thiazole rings is 1. The zero-order valence-electron chi connectivity index (χ0n) is 18.9. The maximum atomic E-state index is 13.5. The van der Waals surface area contributed by atoms with Gasteiger partial charge in [-0.3, -0.25) is 4.79 Å². The van der Waals surface area contributed by atoms with E-state index in [1.807, 2.05) is 25.1 Å². The standard InChI is InChI=1S/C22H23N5O4S3/c1-12-6-7-16-17(9-12)33-22(24-16)25-21(28)15-5-4-8-27(11-15)34(29,30)19-10-18(32-13(19)2)20-23-14(3)31-26-20/h6-7,9-10,15H,4-5,8,11H2,1-3H3,(H,24,25,28). The Morgan fingerprint density at radius 2 is 2.00 bits per heavy atom. The minimum absolute atomic E-state index is 0.129. The van der Waals surface area contributed by atoms with E-state index in [2.05, 4.69) is 20.4 Å². The minimum atomic E-state index is -3.77. The lowest BCUT2D eigenvalue weighted by atomic mass is 9.99. The second-order valence-electron chi connectivity index (χ2n) is 8.35. The van der Waals surface area contributed by atoms with E-state index in [1.54, 1.807) is 19.9 Å². The lowest BCUT2D eigenvalue weighted by Crippen LogP contribution is -2.43. The third-order valence-corrected chi connectivity index (χ3v) is 9.87. The van der Waals surface area contributed by atoms with Gasteiger partial charge in [-0.25, -0.2) is 13.4 Å². The van der Waals surface area contributed by atoms with E-state index >= 15 is 0 Å². The van der Waals surface area contributed by atoms with Crippen LogP contribution in [0.1, 0.15) is 29.2 Å². The number of benzene rings is 1. The van der Waals surface area contributed by atoms with Crippen LogP contribution >= 0.6 is 22.7 Å². The molecule has 4 aromatic rings. The van der Waals surface area contributed by atoms with Gasteiger partial charge in [-0.1, -0.05) is 22.6 Å².